The summed E-state index contributed by atoms with van der Waals surface area (Å²) in [5, 5.41) is 26.3. The van der Waals surface area contributed by atoms with Crippen molar-refractivity contribution in [3.63, 3.8) is 0 Å². The molecule has 1 atom stereocenters. The van der Waals surface area contributed by atoms with Gasteiger partial charge < -0.3 is 50.2 Å². The van der Waals surface area contributed by atoms with Gasteiger partial charge in [-0.3, -0.25) is 4.79 Å². The van der Waals surface area contributed by atoms with Crippen molar-refractivity contribution < 1.29 is 38.4 Å². The molecule has 0 radical (unpaired) electrons. The number of ether oxygens (including phenoxy) is 5. The number of nitrogens with zero attached hydrogens (tertiary/aromatic N) is 3. The minimum atomic E-state index is -1.14. The van der Waals surface area contributed by atoms with Crippen molar-refractivity contribution in [2.24, 2.45) is 0 Å². The number of carboxylic acids is 1. The number of rotatable bonds is 10. The molecule has 1 amide bonds. The van der Waals surface area contributed by atoms with Crippen LogP contribution in [0.25, 0.3) is 0 Å². The van der Waals surface area contributed by atoms with Gasteiger partial charge in [0.2, 0.25) is 11.9 Å². The Morgan fingerprint density at radius 1 is 0.958 bits per heavy atom. The Hall–Kier alpha value is -5.02. The van der Waals surface area contributed by atoms with Gasteiger partial charge in [0, 0.05) is 24.0 Å². The van der Waals surface area contributed by atoms with E-state index in [2.05, 4.69) is 30.9 Å². The lowest BCUT2D eigenvalue weighted by Gasteiger charge is -2.17. The molecule has 0 unspecified atom stereocenters. The number of nitrogens with one attached hydrogen (secondary N) is 4. The molecule has 3 heterocycles. The molecule has 3 aromatic rings. The van der Waals surface area contributed by atoms with Crippen molar-refractivity contribution in [2.75, 3.05) is 56.9 Å². The van der Waals surface area contributed by atoms with Gasteiger partial charge in [0.05, 0.1) is 38.6 Å². The van der Waals surface area contributed by atoms with Gasteiger partial charge in [-0.1, -0.05) is 18.6 Å². The molecule has 1 aromatic heterocycles. The molecule has 2 aliphatic rings. The number of unbranched alkanes of at least 4 members (excludes halogenated alkanes) is 1. The number of hydrogen-bond donors (Lipinski definition) is 5. The first-order valence-corrected chi connectivity index (χ1v) is 15.9. The van der Waals surface area contributed by atoms with Gasteiger partial charge in [-0.15, -0.1) is 0 Å². The molecule has 0 spiro atoms. The number of aromatic nitrogens is 3. The summed E-state index contributed by atoms with van der Waals surface area (Å²) in [7, 11) is 0. The molecule has 0 aliphatic carbocycles. The van der Waals surface area contributed by atoms with Gasteiger partial charge in [0.25, 0.3) is 5.91 Å². The Balaban J connectivity index is 1.56. The molecule has 6 bridgehead atoms. The van der Waals surface area contributed by atoms with Gasteiger partial charge in [0.15, 0.2) is 0 Å². The zero-order chi connectivity index (χ0) is 34.1. The quantitative estimate of drug-likeness (QED) is 0.117. The second kappa shape index (κ2) is 19.0. The Morgan fingerprint density at radius 3 is 2.38 bits per heavy atom. The molecule has 0 fully saturated rings. The van der Waals surface area contributed by atoms with E-state index in [-0.39, 0.29) is 48.9 Å². The van der Waals surface area contributed by atoms with Crippen molar-refractivity contribution in [1.82, 2.24) is 20.3 Å². The number of amides is 1. The van der Waals surface area contributed by atoms with E-state index < -0.39 is 17.9 Å². The highest BCUT2D eigenvalue weighted by Gasteiger charge is 2.23. The van der Waals surface area contributed by atoms with Crippen LogP contribution in [0, 0.1) is 5.41 Å². The zero-order valence-electron chi connectivity index (χ0n) is 27.3. The fourth-order valence-electron chi connectivity index (χ4n) is 4.59. The lowest BCUT2D eigenvalue weighted by molar-refractivity contribution is -0.139. The number of hydrogen-bond acceptors (Lipinski definition) is 13. The van der Waals surface area contributed by atoms with Gasteiger partial charge in [-0.05, 0) is 62.9 Å². The van der Waals surface area contributed by atoms with Gasteiger partial charge in [-0.25, -0.2) is 4.79 Å². The van der Waals surface area contributed by atoms with Crippen LogP contribution in [0.4, 0.5) is 17.6 Å². The summed E-state index contributed by atoms with van der Waals surface area (Å²) < 4.78 is 28.5. The lowest BCUT2D eigenvalue weighted by Crippen LogP contribution is -2.40. The Bertz CT molecular complexity index is 1510. The van der Waals surface area contributed by atoms with E-state index >= 15 is 0 Å². The number of benzene rings is 2. The number of carbonyl (C=O) groups is 2. The second-order valence-corrected chi connectivity index (χ2v) is 10.8. The summed E-state index contributed by atoms with van der Waals surface area (Å²) in [4.78, 5) is 38.5. The SMILES string of the molecule is CCOc1nc2nc(n1)Nc1ccc(C(=O)N[C@@H](CCCCC(C)=N)C(=O)O)c(c1)OCCOCCOCCOc1ccc(cc1)CN2. The third kappa shape index (κ3) is 12.0. The van der Waals surface area contributed by atoms with E-state index in [9.17, 15) is 14.7 Å². The first-order valence-electron chi connectivity index (χ1n) is 15.9. The number of carboxylic acid groups (broad SMARTS) is 1. The maximum atomic E-state index is 13.4. The maximum Gasteiger partial charge on any atom is 0.326 e. The van der Waals surface area contributed by atoms with Crippen LogP contribution in [0.1, 0.15) is 55.5 Å². The van der Waals surface area contributed by atoms with Crippen LogP contribution in [-0.2, 0) is 20.8 Å². The number of anilines is 3. The lowest BCUT2D eigenvalue weighted by atomic mass is 10.1. The van der Waals surface area contributed by atoms with Crippen LogP contribution in [0.5, 0.6) is 17.5 Å². The maximum absolute atomic E-state index is 13.4. The van der Waals surface area contributed by atoms with E-state index in [1.165, 1.54) is 6.07 Å². The highest BCUT2D eigenvalue weighted by atomic mass is 16.6. The van der Waals surface area contributed by atoms with Crippen LogP contribution in [0.2, 0.25) is 0 Å². The third-order valence-corrected chi connectivity index (χ3v) is 7.00. The standard InChI is InChI=1S/C33H43N7O8/c1-3-46-33-39-31-35-21-23-8-11-25(12-9-23)47-18-16-44-14-15-45-17-19-48-28-20-24(36-32(38-31)40-33)10-13-26(28)29(41)37-27(30(42)43)7-5-4-6-22(2)34/h8-13,20,27,34H,3-7,14-19,21H2,1-2H3,(H,37,41)(H,42,43)(H2,35,36,38,39,40)/t27-/m0/s1. The fourth-order valence-corrected chi connectivity index (χ4v) is 4.59. The van der Waals surface area contributed by atoms with Crippen molar-refractivity contribution in [2.45, 2.75) is 52.1 Å². The van der Waals surface area contributed by atoms with E-state index in [1.54, 1.807) is 19.1 Å². The Morgan fingerprint density at radius 2 is 1.67 bits per heavy atom. The average Bonchev–Trinajstić information content (AvgIpc) is 3.06. The van der Waals surface area contributed by atoms with Crippen molar-refractivity contribution in [3.8, 4) is 17.5 Å². The molecule has 2 aromatic carbocycles. The summed E-state index contributed by atoms with van der Waals surface area (Å²) in [5.41, 5.74) is 2.15. The van der Waals surface area contributed by atoms with Crippen LogP contribution >= 0.6 is 0 Å². The largest absolute Gasteiger partial charge is 0.491 e. The average molecular weight is 666 g/mol. The highest BCUT2D eigenvalue weighted by molar-refractivity contribution is 5.99. The molecule has 5 N–H and O–H groups in total. The van der Waals surface area contributed by atoms with Crippen molar-refractivity contribution in [1.29, 1.82) is 5.41 Å². The summed E-state index contributed by atoms with van der Waals surface area (Å²) in [6.07, 6.45) is 2.02. The Kier molecular flexibility index (Phi) is 14.2. The van der Waals surface area contributed by atoms with E-state index in [0.717, 1.165) is 11.3 Å². The molecule has 0 saturated carbocycles. The number of aliphatic carboxylic acids is 1. The smallest absolute Gasteiger partial charge is 0.326 e. The fraction of sp³-hybridized carbons (Fsp3) is 0.455. The monoisotopic (exact) mass is 665 g/mol. The van der Waals surface area contributed by atoms with Gasteiger partial charge >= 0.3 is 12.0 Å². The first kappa shape index (κ1) is 35.8. The van der Waals surface area contributed by atoms with E-state index in [4.69, 9.17) is 29.1 Å². The molecule has 0 saturated heterocycles. The predicted molar refractivity (Wildman–Crippen MR) is 178 cm³/mol. The number of fused-ring (bicyclic) bond motifs is 12. The van der Waals surface area contributed by atoms with Crippen LogP contribution in [0.15, 0.2) is 42.5 Å². The molecule has 2 aliphatic heterocycles. The number of carbonyl (C=O) groups excluding carboxylic acids is 1. The van der Waals surface area contributed by atoms with E-state index in [1.807, 2.05) is 31.2 Å². The molecule has 5 rings (SSSR count). The third-order valence-electron chi connectivity index (χ3n) is 7.00. The summed E-state index contributed by atoms with van der Waals surface area (Å²) in [5.74, 6) is -0.332. The van der Waals surface area contributed by atoms with Crippen molar-refractivity contribution >= 4 is 35.2 Å². The highest BCUT2D eigenvalue weighted by Crippen LogP contribution is 2.26. The minimum absolute atomic E-state index is 0.113. The molecule has 15 nitrogen and oxygen atoms in total. The van der Waals surface area contributed by atoms with Gasteiger partial charge in [0.1, 0.15) is 30.8 Å². The first-order chi connectivity index (χ1) is 23.3. The summed E-state index contributed by atoms with van der Waals surface area (Å²) >= 11 is 0. The normalized spacial score (nSPS) is 14.6. The van der Waals surface area contributed by atoms with Crippen LogP contribution < -0.4 is 30.2 Å². The molecule has 15 heteroatoms. The topological polar surface area (TPSA) is 199 Å². The molecular formula is C33H43N7O8. The molecule has 258 valence electrons. The van der Waals surface area contributed by atoms with Crippen LogP contribution in [-0.4, -0.2) is 89.9 Å². The molecule has 48 heavy (non-hydrogen) atoms. The predicted octanol–water partition coefficient (Wildman–Crippen LogP) is 4.21. The summed E-state index contributed by atoms with van der Waals surface area (Å²) in [6, 6.07) is 11.4. The van der Waals surface area contributed by atoms with Gasteiger partial charge in [-0.2, -0.15) is 15.0 Å². The minimum Gasteiger partial charge on any atom is -0.491 e. The second-order valence-electron chi connectivity index (χ2n) is 10.8. The summed E-state index contributed by atoms with van der Waals surface area (Å²) in [6.45, 7) is 6.12. The molecular weight excluding hydrogens is 622 g/mol. The zero-order valence-corrected chi connectivity index (χ0v) is 27.3. The van der Waals surface area contributed by atoms with Crippen LogP contribution in [0.3, 0.4) is 0 Å². The van der Waals surface area contributed by atoms with E-state index in [0.29, 0.717) is 70.2 Å². The van der Waals surface area contributed by atoms with Crippen molar-refractivity contribution in [3.05, 3.63) is 53.6 Å². The Labute approximate surface area is 279 Å².